The van der Waals surface area contributed by atoms with Crippen LogP contribution < -0.4 is 22.4 Å². The van der Waals surface area contributed by atoms with Crippen molar-refractivity contribution in [3.05, 3.63) is 0 Å². The predicted molar refractivity (Wildman–Crippen MR) is 34.0 cm³/mol. The minimum absolute atomic E-state index is 0. The first-order valence-corrected chi connectivity index (χ1v) is 7.93. The zero-order valence-corrected chi connectivity index (χ0v) is 7.22. The molecular weight excluding hydrogens is 244 g/mol. The van der Waals surface area contributed by atoms with Crippen molar-refractivity contribution >= 4 is 22.1 Å². The Morgan fingerprint density at radius 3 is 0.875 bits per heavy atom. The van der Waals surface area contributed by atoms with Gasteiger partial charge in [0.05, 0.1) is 0 Å². The molecule has 0 atom stereocenters. The molecule has 0 aromatic carbocycles. The standard InChI is InChI=1S/2ClH.5H2N.Rh/h2*1H;5*1H2;/q;;5*-1;+6/p-1. The maximum atomic E-state index is 5.10. The Labute approximate surface area is 57.3 Å². The molecule has 0 aromatic rings. The third kappa shape index (κ3) is 251. The number of rotatable bonds is 0. The molecule has 8 heavy (non-hydrogen) atoms. The van der Waals surface area contributed by atoms with Crippen molar-refractivity contribution in [3.63, 3.8) is 0 Å². The monoisotopic (exact) mass is 254 g/mol. The van der Waals surface area contributed by atoms with Gasteiger partial charge in [0.15, 0.2) is 0 Å². The van der Waals surface area contributed by atoms with Crippen LogP contribution in [-0.2, 0) is 12.6 Å². The first kappa shape index (κ1) is 11.8. The second kappa shape index (κ2) is 1.53. The summed E-state index contributed by atoms with van der Waals surface area (Å²) in [6, 6.07) is 0. The van der Waals surface area contributed by atoms with Crippen LogP contribution in [0.15, 0.2) is 0 Å². The second-order valence-corrected chi connectivity index (χ2v) is 13.0. The molecule has 0 aromatic heterocycles. The summed E-state index contributed by atoms with van der Waals surface area (Å²) >= 11 is -5.01. The topological polar surface area (TPSA) is 130 Å². The second-order valence-electron chi connectivity index (χ2n) is 1.47. The van der Waals surface area contributed by atoms with Gasteiger partial charge in [0.25, 0.3) is 0 Å². The van der Waals surface area contributed by atoms with Crippen LogP contribution in [0.25, 0.3) is 0 Å². The number of hydrogen-bond acceptors (Lipinski definition) is 5. The first-order valence-electron chi connectivity index (χ1n) is 1.09. The van der Waals surface area contributed by atoms with Crippen molar-refractivity contribution in [2.75, 3.05) is 0 Å². The van der Waals surface area contributed by atoms with Crippen LogP contribution >= 0.6 is 22.1 Å². The van der Waals surface area contributed by atoms with Gasteiger partial charge in [-0.25, -0.2) is 0 Å². The summed E-state index contributed by atoms with van der Waals surface area (Å²) in [4.78, 5) is 0. The number of hydrogen-bond donors (Lipinski definition) is 5. The molecule has 0 saturated carbocycles. The summed E-state index contributed by atoms with van der Waals surface area (Å²) in [5, 5.41) is 0. The van der Waals surface area contributed by atoms with Crippen LogP contribution in [0.1, 0.15) is 0 Å². The van der Waals surface area contributed by atoms with Crippen LogP contribution in [0.3, 0.4) is 0 Å². The zero-order chi connectivity index (χ0) is 6.41. The Balaban J connectivity index is 0. The number of nitrogens with two attached hydrogens (primary N) is 5. The van der Waals surface area contributed by atoms with Gasteiger partial charge in [-0.05, 0) is 0 Å². The molecule has 0 heterocycles. The van der Waals surface area contributed by atoms with Gasteiger partial charge in [-0.2, -0.15) is 0 Å². The van der Waals surface area contributed by atoms with Crippen LogP contribution in [0.2, 0.25) is 0 Å². The van der Waals surface area contributed by atoms with Crippen molar-refractivity contribution in [3.8, 4) is 0 Å². The van der Waals surface area contributed by atoms with Gasteiger partial charge in [-0.3, -0.25) is 0 Å². The molecule has 0 aliphatic heterocycles. The Morgan fingerprint density at radius 1 is 0.875 bits per heavy atom. The van der Waals surface area contributed by atoms with Gasteiger partial charge in [0, 0.05) is 0 Å². The molecule has 0 aliphatic carbocycles. The fourth-order valence-electron chi connectivity index (χ4n) is 0. The van der Waals surface area contributed by atoms with Crippen LogP contribution in [0, 0.1) is 0 Å². The van der Waals surface area contributed by atoms with E-state index < -0.39 is 12.6 Å². The van der Waals surface area contributed by atoms with Crippen LogP contribution in [0.4, 0.5) is 0 Å². The third-order valence-corrected chi connectivity index (χ3v) is 0. The summed E-state index contributed by atoms with van der Waals surface area (Å²) in [7, 11) is 5.10. The van der Waals surface area contributed by atoms with E-state index in [0.717, 1.165) is 0 Å². The Bertz CT molecular complexity index is 69.0. The van der Waals surface area contributed by atoms with E-state index in [1.165, 1.54) is 0 Å². The molecule has 8 heteroatoms. The molecule has 0 saturated heterocycles. The van der Waals surface area contributed by atoms with Gasteiger partial charge < -0.3 is 0 Å². The van der Waals surface area contributed by atoms with E-state index in [-0.39, 0.29) is 12.4 Å². The van der Waals surface area contributed by atoms with Gasteiger partial charge in [-0.15, -0.1) is 12.4 Å². The maximum absolute atomic E-state index is 5.10. The summed E-state index contributed by atoms with van der Waals surface area (Å²) in [5.74, 6) is 0. The SMILES string of the molecule is Cl.[NH2][Rh]([NH2])([NH2])([NH2])([NH2])[Cl]. The van der Waals surface area contributed by atoms with E-state index in [9.17, 15) is 0 Å². The normalized spacial score (nSPS) is 20.2. The zero-order valence-electron chi connectivity index (χ0n) is 4.01. The van der Waals surface area contributed by atoms with Crippen LogP contribution in [-0.4, -0.2) is 0 Å². The van der Waals surface area contributed by atoms with E-state index in [0.29, 0.717) is 0 Å². The summed E-state index contributed by atoms with van der Waals surface area (Å²) in [6.45, 7) is 0. The van der Waals surface area contributed by atoms with E-state index >= 15 is 0 Å². The molecule has 0 bridgehead atoms. The van der Waals surface area contributed by atoms with E-state index in [2.05, 4.69) is 0 Å². The van der Waals surface area contributed by atoms with Crippen LogP contribution in [0.5, 0.6) is 0 Å². The van der Waals surface area contributed by atoms with Crippen molar-refractivity contribution in [1.82, 2.24) is 0 Å². The molecule has 59 valence electrons. The minimum atomic E-state index is -5.01. The molecule has 0 aliphatic rings. The van der Waals surface area contributed by atoms with Gasteiger partial charge >= 0.3 is 44.7 Å². The quantitative estimate of drug-likeness (QED) is 0.324. The molecule has 0 spiro atoms. The van der Waals surface area contributed by atoms with Gasteiger partial charge in [0.1, 0.15) is 0 Å². The molecule has 0 fully saturated rings. The third-order valence-electron chi connectivity index (χ3n) is 0. The van der Waals surface area contributed by atoms with E-state index in [1.807, 2.05) is 0 Å². The van der Waals surface area contributed by atoms with Crippen molar-refractivity contribution in [2.24, 2.45) is 22.4 Å². The summed E-state index contributed by atoms with van der Waals surface area (Å²) in [5.41, 5.74) is 0. The molecule has 0 unspecified atom stereocenters. The molecular formula is H11Cl2N5Rh. The fraction of sp³-hybridized carbons (Fsp3) is 0. The molecule has 0 radical (unpaired) electrons. The van der Waals surface area contributed by atoms with Gasteiger partial charge in [0.2, 0.25) is 0 Å². The molecule has 0 amide bonds. The van der Waals surface area contributed by atoms with Crippen molar-refractivity contribution in [2.45, 2.75) is 0 Å². The Hall–Kier alpha value is 1.00. The Morgan fingerprint density at radius 2 is 0.875 bits per heavy atom. The van der Waals surface area contributed by atoms with Gasteiger partial charge in [-0.1, -0.05) is 0 Å². The number of halogens is 2. The first-order chi connectivity index (χ1) is 2.45. The summed E-state index contributed by atoms with van der Waals surface area (Å²) < 4.78 is 24.4. The molecule has 0 rings (SSSR count). The molecule has 5 nitrogen and oxygen atoms in total. The fourth-order valence-corrected chi connectivity index (χ4v) is 0. The average molecular weight is 255 g/mol. The summed E-state index contributed by atoms with van der Waals surface area (Å²) in [6.07, 6.45) is 0. The molecule has 10 N–H and O–H groups in total. The van der Waals surface area contributed by atoms with E-state index in [4.69, 9.17) is 32.1 Å². The van der Waals surface area contributed by atoms with Crippen molar-refractivity contribution in [1.29, 1.82) is 0 Å². The predicted octanol–water partition coefficient (Wildman–Crippen LogP) is -1.84. The van der Waals surface area contributed by atoms with Crippen molar-refractivity contribution < 1.29 is 12.6 Å². The van der Waals surface area contributed by atoms with E-state index in [1.54, 1.807) is 0 Å². The Kier molecular flexibility index (Phi) is 2.25. The average Bonchev–Trinajstić information content (AvgIpc) is 0.592.